The van der Waals surface area contributed by atoms with Crippen molar-refractivity contribution in [1.29, 1.82) is 0 Å². The summed E-state index contributed by atoms with van der Waals surface area (Å²) >= 11 is 0. The molecule has 0 bridgehead atoms. The highest BCUT2D eigenvalue weighted by molar-refractivity contribution is 5.25. The van der Waals surface area contributed by atoms with Crippen LogP contribution in [0.25, 0.3) is 0 Å². The van der Waals surface area contributed by atoms with Crippen molar-refractivity contribution in [3.05, 3.63) is 11.9 Å². The molecule has 0 radical (unpaired) electrons. The summed E-state index contributed by atoms with van der Waals surface area (Å²) in [4.78, 5) is 0. The second-order valence-electron chi connectivity index (χ2n) is 4.90. The van der Waals surface area contributed by atoms with Crippen LogP contribution in [-0.2, 0) is 13.0 Å². The quantitative estimate of drug-likeness (QED) is 0.687. The molecule has 18 heavy (non-hydrogen) atoms. The van der Waals surface area contributed by atoms with Gasteiger partial charge in [-0.3, -0.25) is 4.68 Å². The first kappa shape index (κ1) is 15.0. The molecule has 1 unspecified atom stereocenters. The highest BCUT2D eigenvalue weighted by Gasteiger charge is 2.14. The largest absolute Gasteiger partial charge is 0.493 e. The fraction of sp³-hybridized carbons (Fsp3) is 0.786. The molecule has 1 aromatic heterocycles. The van der Waals surface area contributed by atoms with Gasteiger partial charge in [0.15, 0.2) is 5.75 Å². The van der Waals surface area contributed by atoms with Gasteiger partial charge in [-0.1, -0.05) is 20.8 Å². The third kappa shape index (κ3) is 4.33. The molecule has 104 valence electrons. The van der Waals surface area contributed by atoms with E-state index in [0.29, 0.717) is 5.92 Å². The molecule has 1 aromatic rings. The monoisotopic (exact) mass is 253 g/mol. The summed E-state index contributed by atoms with van der Waals surface area (Å²) in [6.45, 7) is 9.74. The summed E-state index contributed by atoms with van der Waals surface area (Å²) in [5.41, 5.74) is 1.23. The molecule has 4 nitrogen and oxygen atoms in total. The Kier molecular flexibility index (Phi) is 6.80. The second kappa shape index (κ2) is 8.14. The molecule has 1 N–H and O–H groups in total. The highest BCUT2D eigenvalue weighted by Crippen LogP contribution is 2.21. The summed E-state index contributed by atoms with van der Waals surface area (Å²) in [6.07, 6.45) is 5.13. The number of nitrogens with one attached hydrogen (secondary N) is 1. The highest BCUT2D eigenvalue weighted by atomic mass is 16.5. The Hall–Kier alpha value is -1.03. The minimum Gasteiger partial charge on any atom is -0.493 e. The van der Waals surface area contributed by atoms with Crippen molar-refractivity contribution in [1.82, 2.24) is 15.1 Å². The van der Waals surface area contributed by atoms with Gasteiger partial charge in [0.1, 0.15) is 0 Å². The lowest BCUT2D eigenvalue weighted by Gasteiger charge is -2.14. The molecule has 1 rings (SSSR count). The Bertz CT molecular complexity index is 336. The van der Waals surface area contributed by atoms with Crippen LogP contribution in [0.15, 0.2) is 6.20 Å². The fourth-order valence-electron chi connectivity index (χ4n) is 2.10. The molecule has 0 spiro atoms. The standard InChI is InChI=1S/C14H27N3O/c1-5-7-15-10-12(3)9-13-14(18-4)11-16-17(13)8-6-2/h11-12,15H,5-10H2,1-4H3. The Labute approximate surface area is 111 Å². The van der Waals surface area contributed by atoms with Crippen molar-refractivity contribution >= 4 is 0 Å². The molecule has 0 amide bonds. The Balaban J connectivity index is 2.60. The molecular weight excluding hydrogens is 226 g/mol. The number of nitrogens with zero attached hydrogens (tertiary/aromatic N) is 2. The normalized spacial score (nSPS) is 12.7. The van der Waals surface area contributed by atoms with E-state index in [1.807, 2.05) is 6.20 Å². The van der Waals surface area contributed by atoms with E-state index in [1.54, 1.807) is 7.11 Å². The van der Waals surface area contributed by atoms with Gasteiger partial charge in [-0.25, -0.2) is 0 Å². The zero-order valence-corrected chi connectivity index (χ0v) is 12.2. The van der Waals surface area contributed by atoms with Gasteiger partial charge in [0.25, 0.3) is 0 Å². The summed E-state index contributed by atoms with van der Waals surface area (Å²) < 4.78 is 7.47. The average Bonchev–Trinajstić information content (AvgIpc) is 2.73. The molecule has 0 saturated carbocycles. The van der Waals surface area contributed by atoms with Crippen LogP contribution in [0, 0.1) is 5.92 Å². The van der Waals surface area contributed by atoms with Gasteiger partial charge in [-0.05, 0) is 38.3 Å². The van der Waals surface area contributed by atoms with Gasteiger partial charge in [-0.15, -0.1) is 0 Å². The van der Waals surface area contributed by atoms with Crippen molar-refractivity contribution < 1.29 is 4.74 Å². The Morgan fingerprint density at radius 3 is 2.78 bits per heavy atom. The van der Waals surface area contributed by atoms with Crippen molar-refractivity contribution in [2.45, 2.75) is 46.6 Å². The lowest BCUT2D eigenvalue weighted by Crippen LogP contribution is -2.24. The van der Waals surface area contributed by atoms with Crippen LogP contribution < -0.4 is 10.1 Å². The van der Waals surface area contributed by atoms with Crippen LogP contribution in [0.4, 0.5) is 0 Å². The minimum absolute atomic E-state index is 0.595. The van der Waals surface area contributed by atoms with Crippen molar-refractivity contribution in [2.75, 3.05) is 20.2 Å². The topological polar surface area (TPSA) is 39.1 Å². The number of hydrogen-bond donors (Lipinski definition) is 1. The van der Waals surface area contributed by atoms with Crippen molar-refractivity contribution in [3.8, 4) is 5.75 Å². The number of aryl methyl sites for hydroxylation is 1. The van der Waals surface area contributed by atoms with Crippen molar-refractivity contribution in [2.24, 2.45) is 5.92 Å². The van der Waals surface area contributed by atoms with E-state index in [0.717, 1.165) is 38.2 Å². The minimum atomic E-state index is 0.595. The molecule has 0 aromatic carbocycles. The molecule has 0 aliphatic heterocycles. The number of methoxy groups -OCH3 is 1. The first-order valence-corrected chi connectivity index (χ1v) is 7.02. The second-order valence-corrected chi connectivity index (χ2v) is 4.90. The Morgan fingerprint density at radius 1 is 1.39 bits per heavy atom. The molecule has 1 atom stereocenters. The van der Waals surface area contributed by atoms with Gasteiger partial charge in [0.05, 0.1) is 19.0 Å². The van der Waals surface area contributed by atoms with Crippen LogP contribution >= 0.6 is 0 Å². The molecular formula is C14H27N3O. The van der Waals surface area contributed by atoms with Crippen LogP contribution in [0.1, 0.15) is 39.3 Å². The van der Waals surface area contributed by atoms with Crippen molar-refractivity contribution in [3.63, 3.8) is 0 Å². The zero-order chi connectivity index (χ0) is 13.4. The first-order chi connectivity index (χ1) is 8.72. The van der Waals surface area contributed by atoms with Crippen LogP contribution in [0.2, 0.25) is 0 Å². The molecule has 4 heteroatoms. The number of hydrogen-bond acceptors (Lipinski definition) is 3. The predicted octanol–water partition coefficient (Wildman–Crippen LogP) is 2.48. The van der Waals surface area contributed by atoms with Gasteiger partial charge in [0.2, 0.25) is 0 Å². The maximum atomic E-state index is 5.40. The van der Waals surface area contributed by atoms with Crippen LogP contribution in [0.3, 0.4) is 0 Å². The number of aromatic nitrogens is 2. The average molecular weight is 253 g/mol. The van der Waals surface area contributed by atoms with E-state index in [9.17, 15) is 0 Å². The third-order valence-corrected chi connectivity index (χ3v) is 3.03. The van der Waals surface area contributed by atoms with Gasteiger partial charge < -0.3 is 10.1 Å². The Morgan fingerprint density at radius 2 is 2.17 bits per heavy atom. The van der Waals surface area contributed by atoms with Gasteiger partial charge in [-0.2, -0.15) is 5.10 Å². The van der Waals surface area contributed by atoms with E-state index < -0.39 is 0 Å². The predicted molar refractivity (Wildman–Crippen MR) is 75.1 cm³/mol. The van der Waals surface area contributed by atoms with E-state index >= 15 is 0 Å². The van der Waals surface area contributed by atoms with Gasteiger partial charge >= 0.3 is 0 Å². The maximum Gasteiger partial charge on any atom is 0.159 e. The molecule has 0 aliphatic rings. The van der Waals surface area contributed by atoms with E-state index in [2.05, 4.69) is 35.9 Å². The summed E-state index contributed by atoms with van der Waals surface area (Å²) in [5, 5.41) is 7.86. The molecule has 0 fully saturated rings. The molecule has 0 aliphatic carbocycles. The summed E-state index contributed by atoms with van der Waals surface area (Å²) in [5.74, 6) is 1.52. The fourth-order valence-corrected chi connectivity index (χ4v) is 2.10. The smallest absolute Gasteiger partial charge is 0.159 e. The third-order valence-electron chi connectivity index (χ3n) is 3.03. The summed E-state index contributed by atoms with van der Waals surface area (Å²) in [6, 6.07) is 0. The summed E-state index contributed by atoms with van der Waals surface area (Å²) in [7, 11) is 1.72. The number of rotatable bonds is 9. The maximum absolute atomic E-state index is 5.40. The lowest BCUT2D eigenvalue weighted by atomic mass is 10.1. The van der Waals surface area contributed by atoms with E-state index in [4.69, 9.17) is 4.74 Å². The SMILES string of the molecule is CCCNCC(C)Cc1c(OC)cnn1CCC. The number of ether oxygens (including phenoxy) is 1. The lowest BCUT2D eigenvalue weighted by molar-refractivity contribution is 0.398. The van der Waals surface area contributed by atoms with Gasteiger partial charge in [0, 0.05) is 6.54 Å². The van der Waals surface area contributed by atoms with Crippen LogP contribution in [-0.4, -0.2) is 30.0 Å². The first-order valence-electron chi connectivity index (χ1n) is 7.02. The van der Waals surface area contributed by atoms with Crippen LogP contribution in [0.5, 0.6) is 5.75 Å². The molecule has 1 heterocycles. The van der Waals surface area contributed by atoms with E-state index in [1.165, 1.54) is 12.1 Å². The zero-order valence-electron chi connectivity index (χ0n) is 12.2. The molecule has 0 saturated heterocycles. The van der Waals surface area contributed by atoms with E-state index in [-0.39, 0.29) is 0 Å².